The number of rotatable bonds is 8. The lowest BCUT2D eigenvalue weighted by molar-refractivity contribution is 1.07. The Kier molecular flexibility index (Phi) is 8.94. The fraction of sp³-hybridized carbons (Fsp3) is 0. The molecule has 0 saturated carbocycles. The summed E-state index contributed by atoms with van der Waals surface area (Å²) in [6.07, 6.45) is 0. The van der Waals surface area contributed by atoms with Crippen molar-refractivity contribution in [2.24, 2.45) is 0 Å². The Morgan fingerprint density at radius 1 is 0.167 bits per heavy atom. The number of aromatic nitrogens is 3. The summed E-state index contributed by atoms with van der Waals surface area (Å²) in [6, 6.07) is 74.1. The maximum absolute atomic E-state index is 5.11. The molecule has 8 aromatic carbocycles. The molecule has 3 nitrogen and oxygen atoms in total. The Balaban J connectivity index is 1.07. The third-order valence-electron chi connectivity index (χ3n) is 9.82. The smallest absolute Gasteiger partial charge is 0.164 e. The van der Waals surface area contributed by atoms with Gasteiger partial charge < -0.3 is 0 Å². The van der Waals surface area contributed by atoms with Crippen LogP contribution < -0.4 is 0 Å². The van der Waals surface area contributed by atoms with E-state index in [1.807, 2.05) is 18.2 Å². The second-order valence-corrected chi connectivity index (χ2v) is 13.2. The molecule has 9 aromatic rings. The Morgan fingerprint density at radius 2 is 0.407 bits per heavy atom. The van der Waals surface area contributed by atoms with Crippen molar-refractivity contribution in [1.82, 2.24) is 15.0 Å². The minimum absolute atomic E-state index is 0.629. The third-order valence-corrected chi connectivity index (χ3v) is 9.82. The summed E-state index contributed by atoms with van der Waals surface area (Å²) in [5.41, 5.74) is 14.4. The van der Waals surface area contributed by atoms with Crippen LogP contribution in [0.2, 0.25) is 0 Å². The molecule has 0 fully saturated rings. The second kappa shape index (κ2) is 14.8. The summed E-state index contributed by atoms with van der Waals surface area (Å²) in [5.74, 6) is 1.90. The van der Waals surface area contributed by atoms with Crippen LogP contribution in [0, 0.1) is 0 Å². The molecule has 3 heteroatoms. The van der Waals surface area contributed by atoms with Gasteiger partial charge in [-0.2, -0.15) is 0 Å². The van der Waals surface area contributed by atoms with Gasteiger partial charge in [0.2, 0.25) is 0 Å². The first kappa shape index (κ1) is 32.7. The van der Waals surface area contributed by atoms with E-state index >= 15 is 0 Å². The van der Waals surface area contributed by atoms with Crippen LogP contribution in [0.5, 0.6) is 0 Å². The first-order valence-electron chi connectivity index (χ1n) is 18.2. The average Bonchev–Trinajstić information content (AvgIpc) is 3.27. The maximum atomic E-state index is 5.11. The highest BCUT2D eigenvalue weighted by Gasteiger charge is 2.16. The van der Waals surface area contributed by atoms with Gasteiger partial charge in [-0.1, -0.05) is 212 Å². The van der Waals surface area contributed by atoms with E-state index in [2.05, 4.69) is 194 Å². The fourth-order valence-corrected chi connectivity index (χ4v) is 7.00. The first-order valence-corrected chi connectivity index (χ1v) is 18.2. The predicted octanol–water partition coefficient (Wildman–Crippen LogP) is 13.2. The van der Waals surface area contributed by atoms with Crippen LogP contribution in [-0.2, 0) is 0 Å². The molecule has 0 spiro atoms. The molecular formula is C51H35N3. The van der Waals surface area contributed by atoms with Crippen LogP contribution in [-0.4, -0.2) is 15.0 Å². The lowest BCUT2D eigenvalue weighted by atomic mass is 9.93. The minimum Gasteiger partial charge on any atom is -0.208 e. The molecule has 0 bridgehead atoms. The number of hydrogen-bond acceptors (Lipinski definition) is 3. The summed E-state index contributed by atoms with van der Waals surface area (Å²) in [6.45, 7) is 0. The Bertz CT molecular complexity index is 2650. The Labute approximate surface area is 316 Å². The molecular weight excluding hydrogens is 655 g/mol. The zero-order chi connectivity index (χ0) is 36.1. The molecule has 9 rings (SSSR count). The predicted molar refractivity (Wildman–Crippen MR) is 223 cm³/mol. The highest BCUT2D eigenvalue weighted by Crippen LogP contribution is 2.35. The van der Waals surface area contributed by atoms with Gasteiger partial charge in [0.1, 0.15) is 0 Å². The standard InChI is InChI=1S/C51H35N3/c1-4-14-36(15-5-1)37-26-32-43(33-27-37)49-52-50(54-51(53-49)48-23-13-12-22-47(48)41-18-8-3-9-19-41)44-34-28-39(29-35-44)38-24-30-42(31-25-38)46-21-11-10-20-45(46)40-16-6-2-7-17-40/h1-35H. The van der Waals surface area contributed by atoms with Crippen molar-refractivity contribution in [2.45, 2.75) is 0 Å². The molecule has 0 aliphatic carbocycles. The van der Waals surface area contributed by atoms with Crippen molar-refractivity contribution in [1.29, 1.82) is 0 Å². The van der Waals surface area contributed by atoms with Gasteiger partial charge in [0, 0.05) is 16.7 Å². The number of nitrogens with zero attached hydrogens (tertiary/aromatic N) is 3. The summed E-state index contributed by atoms with van der Waals surface area (Å²) >= 11 is 0. The van der Waals surface area contributed by atoms with Gasteiger partial charge in [-0.25, -0.2) is 15.0 Å². The SMILES string of the molecule is c1ccc(-c2ccc(-c3nc(-c4ccc(-c5ccc(-c6ccccc6-c6ccccc6)cc5)cc4)nc(-c4ccccc4-c4ccccc4)n3)cc2)cc1. The molecule has 0 aliphatic rings. The molecule has 0 saturated heterocycles. The van der Waals surface area contributed by atoms with Crippen LogP contribution in [0.25, 0.3) is 89.8 Å². The highest BCUT2D eigenvalue weighted by atomic mass is 15.0. The van der Waals surface area contributed by atoms with Crippen molar-refractivity contribution in [3.63, 3.8) is 0 Å². The van der Waals surface area contributed by atoms with Gasteiger partial charge in [-0.05, 0) is 55.6 Å². The average molecular weight is 690 g/mol. The van der Waals surface area contributed by atoms with Crippen molar-refractivity contribution in [3.8, 4) is 89.8 Å². The van der Waals surface area contributed by atoms with E-state index in [-0.39, 0.29) is 0 Å². The fourth-order valence-electron chi connectivity index (χ4n) is 7.00. The quantitative estimate of drug-likeness (QED) is 0.159. The van der Waals surface area contributed by atoms with Gasteiger partial charge in [-0.15, -0.1) is 0 Å². The van der Waals surface area contributed by atoms with Crippen molar-refractivity contribution < 1.29 is 0 Å². The molecule has 0 radical (unpaired) electrons. The lowest BCUT2D eigenvalue weighted by Gasteiger charge is -2.13. The van der Waals surface area contributed by atoms with Crippen LogP contribution in [0.1, 0.15) is 0 Å². The Hall–Kier alpha value is -7.23. The van der Waals surface area contributed by atoms with E-state index in [0.29, 0.717) is 17.5 Å². The topological polar surface area (TPSA) is 38.7 Å². The zero-order valence-electron chi connectivity index (χ0n) is 29.5. The van der Waals surface area contributed by atoms with E-state index in [1.165, 1.54) is 27.8 Å². The summed E-state index contributed by atoms with van der Waals surface area (Å²) < 4.78 is 0. The molecule has 0 atom stereocenters. The summed E-state index contributed by atoms with van der Waals surface area (Å²) in [4.78, 5) is 15.3. The highest BCUT2D eigenvalue weighted by molar-refractivity contribution is 5.85. The van der Waals surface area contributed by atoms with E-state index in [0.717, 1.165) is 44.5 Å². The molecule has 1 heterocycles. The molecule has 254 valence electrons. The van der Waals surface area contributed by atoms with Crippen LogP contribution in [0.3, 0.4) is 0 Å². The van der Waals surface area contributed by atoms with Crippen molar-refractivity contribution in [2.75, 3.05) is 0 Å². The zero-order valence-corrected chi connectivity index (χ0v) is 29.5. The van der Waals surface area contributed by atoms with Gasteiger partial charge in [0.05, 0.1) is 0 Å². The lowest BCUT2D eigenvalue weighted by Crippen LogP contribution is -2.01. The summed E-state index contributed by atoms with van der Waals surface area (Å²) in [7, 11) is 0. The van der Waals surface area contributed by atoms with Crippen LogP contribution >= 0.6 is 0 Å². The molecule has 0 aliphatic heterocycles. The molecule has 1 aromatic heterocycles. The van der Waals surface area contributed by atoms with Crippen molar-refractivity contribution >= 4 is 0 Å². The van der Waals surface area contributed by atoms with E-state index < -0.39 is 0 Å². The van der Waals surface area contributed by atoms with Gasteiger partial charge in [-0.3, -0.25) is 0 Å². The second-order valence-electron chi connectivity index (χ2n) is 13.2. The van der Waals surface area contributed by atoms with Crippen LogP contribution in [0.4, 0.5) is 0 Å². The normalized spacial score (nSPS) is 11.0. The largest absolute Gasteiger partial charge is 0.208 e. The van der Waals surface area contributed by atoms with Crippen molar-refractivity contribution in [3.05, 3.63) is 212 Å². The third kappa shape index (κ3) is 6.74. The number of hydrogen-bond donors (Lipinski definition) is 0. The van der Waals surface area contributed by atoms with Gasteiger partial charge >= 0.3 is 0 Å². The summed E-state index contributed by atoms with van der Waals surface area (Å²) in [5, 5.41) is 0. The van der Waals surface area contributed by atoms with Gasteiger partial charge in [0.25, 0.3) is 0 Å². The van der Waals surface area contributed by atoms with Crippen LogP contribution in [0.15, 0.2) is 212 Å². The molecule has 0 N–H and O–H groups in total. The molecule has 0 unspecified atom stereocenters. The Morgan fingerprint density at radius 3 is 0.815 bits per heavy atom. The van der Waals surface area contributed by atoms with Gasteiger partial charge in [0.15, 0.2) is 17.5 Å². The van der Waals surface area contributed by atoms with E-state index in [4.69, 9.17) is 15.0 Å². The molecule has 0 amide bonds. The van der Waals surface area contributed by atoms with E-state index in [9.17, 15) is 0 Å². The minimum atomic E-state index is 0.629. The maximum Gasteiger partial charge on any atom is 0.164 e. The monoisotopic (exact) mass is 689 g/mol. The molecule has 54 heavy (non-hydrogen) atoms. The number of benzene rings is 8. The van der Waals surface area contributed by atoms with E-state index in [1.54, 1.807) is 0 Å². The first-order chi connectivity index (χ1) is 26.8.